The van der Waals surface area contributed by atoms with Crippen LogP contribution in [0.15, 0.2) is 18.2 Å². The van der Waals surface area contributed by atoms with Gasteiger partial charge in [-0.05, 0) is 18.2 Å². The number of hydrogen-bond donors (Lipinski definition) is 3. The van der Waals surface area contributed by atoms with E-state index in [9.17, 15) is 9.59 Å². The lowest BCUT2D eigenvalue weighted by molar-refractivity contribution is 0.0950. The lowest BCUT2D eigenvalue weighted by Gasteiger charge is -2.07. The van der Waals surface area contributed by atoms with E-state index in [-0.39, 0.29) is 11.3 Å². The molecule has 0 heterocycles. The van der Waals surface area contributed by atoms with E-state index in [1.807, 2.05) is 5.43 Å². The van der Waals surface area contributed by atoms with Crippen molar-refractivity contribution in [2.45, 2.75) is 0 Å². The summed E-state index contributed by atoms with van der Waals surface area (Å²) in [5.41, 5.74) is 7.58. The number of nitrogens with two attached hydrogens (primary N) is 2. The molecule has 6 heteroatoms. The molecule has 5 N–H and O–H groups in total. The van der Waals surface area contributed by atoms with Gasteiger partial charge in [-0.1, -0.05) is 0 Å². The van der Waals surface area contributed by atoms with Crippen molar-refractivity contribution in [3.63, 3.8) is 0 Å². The van der Waals surface area contributed by atoms with Gasteiger partial charge in [0.15, 0.2) is 0 Å². The molecule has 0 aromatic heterocycles. The van der Waals surface area contributed by atoms with Crippen molar-refractivity contribution in [3.05, 3.63) is 29.3 Å². The second-order valence-electron chi connectivity index (χ2n) is 2.75. The van der Waals surface area contributed by atoms with Crippen LogP contribution in [0.3, 0.4) is 0 Å². The van der Waals surface area contributed by atoms with Crippen molar-refractivity contribution >= 4 is 11.8 Å². The zero-order valence-electron chi connectivity index (χ0n) is 8.11. The summed E-state index contributed by atoms with van der Waals surface area (Å²) in [6, 6.07) is 4.23. The fourth-order valence-electron chi connectivity index (χ4n) is 1.12. The zero-order valence-corrected chi connectivity index (χ0v) is 8.11. The first-order valence-electron chi connectivity index (χ1n) is 4.09. The summed E-state index contributed by atoms with van der Waals surface area (Å²) in [6.07, 6.45) is 0. The number of hydrazine groups is 1. The largest absolute Gasteiger partial charge is 0.496 e. The minimum Gasteiger partial charge on any atom is -0.496 e. The van der Waals surface area contributed by atoms with Gasteiger partial charge in [0.05, 0.1) is 12.7 Å². The summed E-state index contributed by atoms with van der Waals surface area (Å²) in [7, 11) is 1.38. The Labute approximate surface area is 86.2 Å². The first-order valence-corrected chi connectivity index (χ1v) is 4.09. The van der Waals surface area contributed by atoms with Gasteiger partial charge in [0.1, 0.15) is 5.75 Å². The molecule has 15 heavy (non-hydrogen) atoms. The van der Waals surface area contributed by atoms with E-state index >= 15 is 0 Å². The molecule has 0 spiro atoms. The summed E-state index contributed by atoms with van der Waals surface area (Å²) < 4.78 is 4.92. The summed E-state index contributed by atoms with van der Waals surface area (Å²) in [6.45, 7) is 0. The van der Waals surface area contributed by atoms with E-state index in [2.05, 4.69) is 0 Å². The Kier molecular flexibility index (Phi) is 3.25. The molecule has 0 aliphatic carbocycles. The van der Waals surface area contributed by atoms with Crippen molar-refractivity contribution in [3.8, 4) is 5.75 Å². The van der Waals surface area contributed by atoms with Crippen LogP contribution in [0, 0.1) is 0 Å². The summed E-state index contributed by atoms with van der Waals surface area (Å²) in [4.78, 5) is 22.1. The molecule has 1 aromatic carbocycles. The predicted molar refractivity (Wildman–Crippen MR) is 53.2 cm³/mol. The van der Waals surface area contributed by atoms with Gasteiger partial charge in [-0.25, -0.2) is 5.84 Å². The molecule has 1 rings (SSSR count). The maximum absolute atomic E-state index is 11.2. The van der Waals surface area contributed by atoms with Gasteiger partial charge in [-0.3, -0.25) is 15.0 Å². The second kappa shape index (κ2) is 4.43. The molecule has 0 unspecified atom stereocenters. The van der Waals surface area contributed by atoms with E-state index in [1.54, 1.807) is 0 Å². The highest BCUT2D eigenvalue weighted by molar-refractivity contribution is 5.99. The molecule has 2 amide bonds. The normalized spacial score (nSPS) is 9.47. The van der Waals surface area contributed by atoms with Crippen molar-refractivity contribution in [1.82, 2.24) is 5.43 Å². The minimum atomic E-state index is -0.619. The van der Waals surface area contributed by atoms with Crippen LogP contribution in [0.2, 0.25) is 0 Å². The summed E-state index contributed by atoms with van der Waals surface area (Å²) in [5.74, 6) is 4.11. The average Bonchev–Trinajstić information content (AvgIpc) is 2.26. The number of amides is 2. The van der Waals surface area contributed by atoms with Crippen LogP contribution in [0.4, 0.5) is 0 Å². The number of carbonyl (C=O) groups excluding carboxylic acids is 2. The van der Waals surface area contributed by atoms with Gasteiger partial charge >= 0.3 is 0 Å². The van der Waals surface area contributed by atoms with E-state index in [4.69, 9.17) is 16.3 Å². The average molecular weight is 209 g/mol. The number of hydrogen-bond acceptors (Lipinski definition) is 4. The lowest BCUT2D eigenvalue weighted by Crippen LogP contribution is -2.30. The van der Waals surface area contributed by atoms with Crippen LogP contribution in [0.1, 0.15) is 20.7 Å². The van der Waals surface area contributed by atoms with Crippen molar-refractivity contribution in [2.24, 2.45) is 11.6 Å². The highest BCUT2D eigenvalue weighted by atomic mass is 16.5. The van der Waals surface area contributed by atoms with Gasteiger partial charge in [0.25, 0.3) is 11.8 Å². The van der Waals surface area contributed by atoms with Gasteiger partial charge in [0.2, 0.25) is 0 Å². The van der Waals surface area contributed by atoms with Gasteiger partial charge in [-0.2, -0.15) is 0 Å². The molecule has 1 aromatic rings. The Morgan fingerprint density at radius 1 is 1.40 bits per heavy atom. The summed E-state index contributed by atoms with van der Waals surface area (Å²) in [5, 5.41) is 0. The van der Waals surface area contributed by atoms with Crippen LogP contribution >= 0.6 is 0 Å². The Hall–Kier alpha value is -2.08. The Bertz CT molecular complexity index is 404. The minimum absolute atomic E-state index is 0.214. The molecule has 0 bridgehead atoms. The predicted octanol–water partition coefficient (Wildman–Crippen LogP) is -0.602. The number of carbonyl (C=O) groups is 2. The fraction of sp³-hybridized carbons (Fsp3) is 0.111. The number of rotatable bonds is 3. The molecule has 0 saturated heterocycles. The van der Waals surface area contributed by atoms with E-state index in [0.717, 1.165) is 0 Å². The smallest absolute Gasteiger partial charge is 0.265 e. The van der Waals surface area contributed by atoms with Crippen LogP contribution in [-0.2, 0) is 0 Å². The van der Waals surface area contributed by atoms with Crippen LogP contribution in [0.25, 0.3) is 0 Å². The topological polar surface area (TPSA) is 107 Å². The SMILES string of the molecule is COc1cc(C(=O)NN)ccc1C(N)=O. The van der Waals surface area contributed by atoms with E-state index < -0.39 is 11.8 Å². The number of ether oxygens (including phenoxy) is 1. The lowest BCUT2D eigenvalue weighted by atomic mass is 10.1. The van der Waals surface area contributed by atoms with Crippen LogP contribution in [0.5, 0.6) is 5.75 Å². The molecule has 0 atom stereocenters. The monoisotopic (exact) mass is 209 g/mol. The van der Waals surface area contributed by atoms with Gasteiger partial charge < -0.3 is 10.5 Å². The van der Waals surface area contributed by atoms with E-state index in [1.165, 1.54) is 25.3 Å². The molecule has 0 fully saturated rings. The zero-order chi connectivity index (χ0) is 11.4. The van der Waals surface area contributed by atoms with E-state index in [0.29, 0.717) is 5.56 Å². The first-order chi connectivity index (χ1) is 7.10. The number of methoxy groups -OCH3 is 1. The second-order valence-corrected chi connectivity index (χ2v) is 2.75. The highest BCUT2D eigenvalue weighted by Crippen LogP contribution is 2.19. The third-order valence-electron chi connectivity index (χ3n) is 1.86. The van der Waals surface area contributed by atoms with Crippen molar-refractivity contribution < 1.29 is 14.3 Å². The van der Waals surface area contributed by atoms with Gasteiger partial charge in [0, 0.05) is 5.56 Å². The Morgan fingerprint density at radius 2 is 2.07 bits per heavy atom. The standard InChI is InChI=1S/C9H11N3O3/c1-15-7-4-5(9(14)12-11)2-3-6(7)8(10)13/h2-4H,11H2,1H3,(H2,10,13)(H,12,14). The third kappa shape index (κ3) is 2.23. The maximum atomic E-state index is 11.2. The van der Waals surface area contributed by atoms with Crippen LogP contribution < -0.4 is 21.7 Å². The quantitative estimate of drug-likeness (QED) is 0.351. The molecule has 0 aliphatic rings. The third-order valence-corrected chi connectivity index (χ3v) is 1.86. The molecule has 0 aliphatic heterocycles. The molecular formula is C9H11N3O3. The molecule has 80 valence electrons. The number of nitrogen functional groups attached to an aromatic ring is 1. The maximum Gasteiger partial charge on any atom is 0.265 e. The number of primary amides is 1. The molecule has 0 radical (unpaired) electrons. The number of nitrogens with one attached hydrogen (secondary N) is 1. The highest BCUT2D eigenvalue weighted by Gasteiger charge is 2.12. The van der Waals surface area contributed by atoms with Crippen LogP contribution in [-0.4, -0.2) is 18.9 Å². The summed E-state index contributed by atoms with van der Waals surface area (Å²) >= 11 is 0. The van der Waals surface area contributed by atoms with Crippen molar-refractivity contribution in [2.75, 3.05) is 7.11 Å². The molecular weight excluding hydrogens is 198 g/mol. The number of benzene rings is 1. The molecule has 0 saturated carbocycles. The Morgan fingerprint density at radius 3 is 2.53 bits per heavy atom. The van der Waals surface area contributed by atoms with Gasteiger partial charge in [-0.15, -0.1) is 0 Å². The Balaban J connectivity index is 3.19. The first kappa shape index (κ1) is 11.0. The molecule has 6 nitrogen and oxygen atoms in total. The van der Waals surface area contributed by atoms with Crippen molar-refractivity contribution in [1.29, 1.82) is 0 Å². The fourth-order valence-corrected chi connectivity index (χ4v) is 1.12.